The van der Waals surface area contributed by atoms with E-state index in [-0.39, 0.29) is 0 Å². The van der Waals surface area contributed by atoms with Gasteiger partial charge in [0.15, 0.2) is 0 Å². The van der Waals surface area contributed by atoms with Crippen LogP contribution in [0.4, 0.5) is 0 Å². The van der Waals surface area contributed by atoms with E-state index >= 15 is 0 Å². The summed E-state index contributed by atoms with van der Waals surface area (Å²) >= 11 is 0. The summed E-state index contributed by atoms with van der Waals surface area (Å²) in [6.45, 7) is 3.78. The van der Waals surface area contributed by atoms with E-state index in [0.29, 0.717) is 12.0 Å². The molecule has 0 saturated heterocycles. The fourth-order valence-corrected chi connectivity index (χ4v) is 2.52. The van der Waals surface area contributed by atoms with Gasteiger partial charge in [-0.3, -0.25) is 4.98 Å². The first-order chi connectivity index (χ1) is 7.81. The molecule has 0 aromatic carbocycles. The maximum atomic E-state index is 5.77. The van der Waals surface area contributed by atoms with Crippen molar-refractivity contribution in [3.05, 3.63) is 29.6 Å². The minimum absolute atomic E-state index is 0.589. The molecule has 1 aromatic rings. The Morgan fingerprint density at radius 1 is 1.50 bits per heavy atom. The maximum absolute atomic E-state index is 5.77. The number of pyridine rings is 1. The molecule has 0 bridgehead atoms. The third kappa shape index (κ3) is 2.60. The molecule has 1 aromatic heterocycles. The second-order valence-corrected chi connectivity index (χ2v) is 4.68. The van der Waals surface area contributed by atoms with E-state index in [2.05, 4.69) is 23.3 Å². The Labute approximate surface area is 97.5 Å². The Balaban J connectivity index is 1.90. The predicted octanol–water partition coefficient (Wildman–Crippen LogP) is 1.61. The number of nitrogens with one attached hydrogen (secondary N) is 1. The second-order valence-electron chi connectivity index (χ2n) is 4.68. The van der Waals surface area contributed by atoms with Gasteiger partial charge < -0.3 is 11.1 Å². The van der Waals surface area contributed by atoms with E-state index in [1.165, 1.54) is 24.8 Å². The quantitative estimate of drug-likeness (QED) is 0.809. The summed E-state index contributed by atoms with van der Waals surface area (Å²) in [6.07, 6.45) is 5.70. The van der Waals surface area contributed by atoms with E-state index in [1.54, 1.807) is 0 Å². The summed E-state index contributed by atoms with van der Waals surface area (Å²) in [4.78, 5) is 4.40. The van der Waals surface area contributed by atoms with Crippen LogP contribution in [0.15, 0.2) is 18.3 Å². The molecule has 1 aliphatic rings. The maximum Gasteiger partial charge on any atom is 0.0570 e. The molecule has 2 rings (SSSR count). The van der Waals surface area contributed by atoms with Gasteiger partial charge in [0.2, 0.25) is 0 Å². The molecule has 3 heteroatoms. The summed E-state index contributed by atoms with van der Waals surface area (Å²) < 4.78 is 0. The van der Waals surface area contributed by atoms with Crippen molar-refractivity contribution < 1.29 is 0 Å². The van der Waals surface area contributed by atoms with Crippen molar-refractivity contribution >= 4 is 0 Å². The lowest BCUT2D eigenvalue weighted by Crippen LogP contribution is -2.35. The average molecular weight is 219 g/mol. The highest BCUT2D eigenvalue weighted by atomic mass is 14.9. The Hall–Kier alpha value is -0.930. The smallest absolute Gasteiger partial charge is 0.0570 e. The van der Waals surface area contributed by atoms with Crippen LogP contribution in [-0.4, -0.2) is 17.6 Å². The van der Waals surface area contributed by atoms with Crippen LogP contribution >= 0.6 is 0 Å². The summed E-state index contributed by atoms with van der Waals surface area (Å²) in [5.41, 5.74) is 8.19. The largest absolute Gasteiger partial charge is 0.330 e. The van der Waals surface area contributed by atoms with Crippen LogP contribution < -0.4 is 11.1 Å². The van der Waals surface area contributed by atoms with Gasteiger partial charge in [0.25, 0.3) is 0 Å². The topological polar surface area (TPSA) is 50.9 Å². The lowest BCUT2D eigenvalue weighted by atomic mass is 10.0. The van der Waals surface area contributed by atoms with Gasteiger partial charge in [-0.2, -0.15) is 0 Å². The number of nitrogens with zero attached hydrogens (tertiary/aromatic N) is 1. The zero-order chi connectivity index (χ0) is 11.4. The van der Waals surface area contributed by atoms with Gasteiger partial charge in [0.1, 0.15) is 0 Å². The normalized spacial score (nSPS) is 24.9. The van der Waals surface area contributed by atoms with E-state index in [0.717, 1.165) is 18.8 Å². The second kappa shape index (κ2) is 5.41. The SMILES string of the molecule is Cc1cccnc1CNC1CCCC1CN. The fourth-order valence-electron chi connectivity index (χ4n) is 2.52. The van der Waals surface area contributed by atoms with Crippen LogP contribution in [0.3, 0.4) is 0 Å². The monoisotopic (exact) mass is 219 g/mol. The number of nitrogens with two attached hydrogens (primary N) is 1. The van der Waals surface area contributed by atoms with Crippen LogP contribution in [0.25, 0.3) is 0 Å². The molecule has 1 aliphatic carbocycles. The van der Waals surface area contributed by atoms with Crippen molar-refractivity contribution in [2.45, 2.75) is 38.8 Å². The van der Waals surface area contributed by atoms with Crippen molar-refractivity contribution in [3.63, 3.8) is 0 Å². The number of aromatic nitrogens is 1. The van der Waals surface area contributed by atoms with E-state index < -0.39 is 0 Å². The number of aryl methyl sites for hydroxylation is 1. The van der Waals surface area contributed by atoms with Gasteiger partial charge in [-0.05, 0) is 43.9 Å². The van der Waals surface area contributed by atoms with Crippen molar-refractivity contribution in [2.24, 2.45) is 11.7 Å². The molecule has 0 aliphatic heterocycles. The Morgan fingerprint density at radius 3 is 3.12 bits per heavy atom. The van der Waals surface area contributed by atoms with Gasteiger partial charge >= 0.3 is 0 Å². The summed E-state index contributed by atoms with van der Waals surface area (Å²) in [5.74, 6) is 0.656. The van der Waals surface area contributed by atoms with Crippen LogP contribution in [0.5, 0.6) is 0 Å². The molecule has 0 spiro atoms. The van der Waals surface area contributed by atoms with Crippen LogP contribution in [0.2, 0.25) is 0 Å². The van der Waals surface area contributed by atoms with Crippen LogP contribution in [0.1, 0.15) is 30.5 Å². The molecule has 88 valence electrons. The van der Waals surface area contributed by atoms with Gasteiger partial charge in [0.05, 0.1) is 5.69 Å². The molecule has 3 nitrogen and oxygen atoms in total. The van der Waals surface area contributed by atoms with Gasteiger partial charge in [-0.1, -0.05) is 12.5 Å². The number of hydrogen-bond donors (Lipinski definition) is 2. The standard InChI is InChI=1S/C13H21N3/c1-10-4-3-7-15-13(10)9-16-12-6-2-5-11(12)8-14/h3-4,7,11-12,16H,2,5-6,8-9,14H2,1H3. The molecule has 2 unspecified atom stereocenters. The third-order valence-corrected chi connectivity index (χ3v) is 3.61. The first-order valence-corrected chi connectivity index (χ1v) is 6.15. The minimum atomic E-state index is 0.589. The van der Waals surface area contributed by atoms with Gasteiger partial charge in [-0.25, -0.2) is 0 Å². The summed E-state index contributed by atoms with van der Waals surface area (Å²) in [5, 5.41) is 3.60. The molecular weight excluding hydrogens is 198 g/mol. The molecule has 0 radical (unpaired) electrons. The van der Waals surface area contributed by atoms with E-state index in [1.807, 2.05) is 12.3 Å². The van der Waals surface area contributed by atoms with Crippen molar-refractivity contribution in [1.29, 1.82) is 0 Å². The summed E-state index contributed by atoms with van der Waals surface area (Å²) in [7, 11) is 0. The number of rotatable bonds is 4. The zero-order valence-electron chi connectivity index (χ0n) is 9.95. The fraction of sp³-hybridized carbons (Fsp3) is 0.615. The van der Waals surface area contributed by atoms with E-state index in [9.17, 15) is 0 Å². The molecule has 0 amide bonds. The van der Waals surface area contributed by atoms with Crippen molar-refractivity contribution in [2.75, 3.05) is 6.54 Å². The number of hydrogen-bond acceptors (Lipinski definition) is 3. The predicted molar refractivity (Wildman–Crippen MR) is 66.0 cm³/mol. The lowest BCUT2D eigenvalue weighted by Gasteiger charge is -2.19. The van der Waals surface area contributed by atoms with Crippen LogP contribution in [-0.2, 0) is 6.54 Å². The highest BCUT2D eigenvalue weighted by Crippen LogP contribution is 2.24. The van der Waals surface area contributed by atoms with Gasteiger partial charge in [0, 0.05) is 18.8 Å². The Kier molecular flexibility index (Phi) is 3.91. The lowest BCUT2D eigenvalue weighted by molar-refractivity contribution is 0.404. The Bertz CT molecular complexity index is 338. The zero-order valence-corrected chi connectivity index (χ0v) is 9.95. The molecule has 1 fully saturated rings. The molecule has 1 saturated carbocycles. The third-order valence-electron chi connectivity index (χ3n) is 3.61. The molecular formula is C13H21N3. The van der Waals surface area contributed by atoms with Crippen molar-refractivity contribution in [3.8, 4) is 0 Å². The first kappa shape index (κ1) is 11.6. The van der Waals surface area contributed by atoms with E-state index in [4.69, 9.17) is 5.73 Å². The highest BCUT2D eigenvalue weighted by Gasteiger charge is 2.25. The Morgan fingerprint density at radius 2 is 2.38 bits per heavy atom. The van der Waals surface area contributed by atoms with Crippen molar-refractivity contribution in [1.82, 2.24) is 10.3 Å². The van der Waals surface area contributed by atoms with Gasteiger partial charge in [-0.15, -0.1) is 0 Å². The summed E-state index contributed by atoms with van der Waals surface area (Å²) in [6, 6.07) is 4.68. The first-order valence-electron chi connectivity index (χ1n) is 6.15. The minimum Gasteiger partial charge on any atom is -0.330 e. The molecule has 3 N–H and O–H groups in total. The molecule has 1 heterocycles. The molecule has 16 heavy (non-hydrogen) atoms. The van der Waals surface area contributed by atoms with Crippen LogP contribution in [0, 0.1) is 12.8 Å². The molecule has 2 atom stereocenters. The average Bonchev–Trinajstić information content (AvgIpc) is 2.75. The highest BCUT2D eigenvalue weighted by molar-refractivity contribution is 5.17.